The first-order valence-corrected chi connectivity index (χ1v) is 6.86. The van der Waals surface area contributed by atoms with Crippen LogP contribution in [0.1, 0.15) is 42.7 Å². The zero-order chi connectivity index (χ0) is 14.3. The lowest BCUT2D eigenvalue weighted by Crippen LogP contribution is -2.52. The van der Waals surface area contributed by atoms with E-state index >= 15 is 0 Å². The fraction of sp³-hybridized carbons (Fsp3) is 0.400. The Morgan fingerprint density at radius 1 is 1.35 bits per heavy atom. The number of fused-ring (bicyclic) bond motifs is 1. The van der Waals surface area contributed by atoms with Crippen LogP contribution in [-0.4, -0.2) is 28.7 Å². The van der Waals surface area contributed by atoms with Crippen molar-refractivity contribution in [2.24, 2.45) is 0 Å². The third-order valence-corrected chi connectivity index (χ3v) is 4.00. The SMILES string of the molecule is CCc1ccc2c(c1)CN(C1CCC(=O)NC1=O)C2=O.[HH]. The van der Waals surface area contributed by atoms with Gasteiger partial charge < -0.3 is 4.90 Å². The molecule has 0 saturated carbocycles. The number of carbonyl (C=O) groups is 3. The molecule has 106 valence electrons. The van der Waals surface area contributed by atoms with Gasteiger partial charge in [0, 0.05) is 20.0 Å². The number of benzene rings is 1. The molecule has 1 N–H and O–H groups in total. The fourth-order valence-electron chi connectivity index (χ4n) is 2.85. The summed E-state index contributed by atoms with van der Waals surface area (Å²) in [5.41, 5.74) is 2.83. The van der Waals surface area contributed by atoms with E-state index in [1.54, 1.807) is 4.90 Å². The van der Waals surface area contributed by atoms with Crippen molar-refractivity contribution in [3.63, 3.8) is 0 Å². The van der Waals surface area contributed by atoms with E-state index < -0.39 is 6.04 Å². The first-order chi connectivity index (χ1) is 9.60. The summed E-state index contributed by atoms with van der Waals surface area (Å²) >= 11 is 0. The zero-order valence-electron chi connectivity index (χ0n) is 11.3. The average Bonchev–Trinajstić information content (AvgIpc) is 2.75. The molecular weight excluding hydrogens is 256 g/mol. The molecule has 5 nitrogen and oxygen atoms in total. The van der Waals surface area contributed by atoms with Gasteiger partial charge in [0.1, 0.15) is 6.04 Å². The lowest BCUT2D eigenvalue weighted by Gasteiger charge is -2.29. The van der Waals surface area contributed by atoms with Crippen molar-refractivity contribution in [3.8, 4) is 0 Å². The van der Waals surface area contributed by atoms with Crippen LogP contribution in [0.2, 0.25) is 0 Å². The van der Waals surface area contributed by atoms with Crippen LogP contribution in [0.15, 0.2) is 18.2 Å². The molecule has 3 rings (SSSR count). The standard InChI is InChI=1S/C15H16N2O3.H2/c1-2-9-3-4-11-10(7-9)8-17(15(11)20)12-5-6-13(18)16-14(12)19;/h3-4,7,12H,2,5-6,8H2,1H3,(H,16,18,19);1H. The number of nitrogens with one attached hydrogen (secondary N) is 1. The van der Waals surface area contributed by atoms with Gasteiger partial charge in [-0.1, -0.05) is 19.1 Å². The summed E-state index contributed by atoms with van der Waals surface area (Å²) in [4.78, 5) is 37.0. The first kappa shape index (κ1) is 12.8. The number of amides is 3. The van der Waals surface area contributed by atoms with Crippen LogP contribution >= 0.6 is 0 Å². The summed E-state index contributed by atoms with van der Waals surface area (Å²) in [6.45, 7) is 2.52. The summed E-state index contributed by atoms with van der Waals surface area (Å²) in [5, 5.41) is 2.30. The van der Waals surface area contributed by atoms with Gasteiger partial charge in [-0.25, -0.2) is 0 Å². The van der Waals surface area contributed by atoms with Gasteiger partial charge in [0.15, 0.2) is 0 Å². The largest absolute Gasteiger partial charge is 0.322 e. The van der Waals surface area contributed by atoms with E-state index in [2.05, 4.69) is 12.2 Å². The van der Waals surface area contributed by atoms with Crippen LogP contribution in [-0.2, 0) is 22.6 Å². The van der Waals surface area contributed by atoms with Gasteiger partial charge in [-0.15, -0.1) is 0 Å². The van der Waals surface area contributed by atoms with Gasteiger partial charge in [-0.05, 0) is 30.0 Å². The molecule has 3 amide bonds. The molecule has 2 aliphatic rings. The Kier molecular flexibility index (Phi) is 3.04. The molecule has 0 radical (unpaired) electrons. The van der Waals surface area contributed by atoms with Crippen molar-refractivity contribution in [3.05, 3.63) is 34.9 Å². The van der Waals surface area contributed by atoms with Crippen molar-refractivity contribution < 1.29 is 15.8 Å². The van der Waals surface area contributed by atoms with E-state index in [4.69, 9.17) is 0 Å². The summed E-state index contributed by atoms with van der Waals surface area (Å²) in [6, 6.07) is 5.28. The molecule has 0 bridgehead atoms. The zero-order valence-corrected chi connectivity index (χ0v) is 11.3. The van der Waals surface area contributed by atoms with E-state index in [1.807, 2.05) is 18.2 Å². The highest BCUT2D eigenvalue weighted by molar-refractivity contribution is 6.05. The van der Waals surface area contributed by atoms with E-state index in [1.165, 1.54) is 5.56 Å². The third kappa shape index (κ3) is 1.99. The normalized spacial score (nSPS) is 21.9. The molecule has 5 heteroatoms. The molecule has 1 aromatic rings. The van der Waals surface area contributed by atoms with Gasteiger partial charge in [0.2, 0.25) is 11.8 Å². The van der Waals surface area contributed by atoms with Crippen LogP contribution in [0.4, 0.5) is 0 Å². The second-order valence-corrected chi connectivity index (χ2v) is 5.25. The molecule has 1 saturated heterocycles. The van der Waals surface area contributed by atoms with Crippen LogP contribution in [0.25, 0.3) is 0 Å². The molecule has 1 aromatic carbocycles. The van der Waals surface area contributed by atoms with Crippen LogP contribution in [0.5, 0.6) is 0 Å². The van der Waals surface area contributed by atoms with Crippen LogP contribution in [0.3, 0.4) is 0 Å². The Balaban J connectivity index is 0.00000161. The monoisotopic (exact) mass is 274 g/mol. The van der Waals surface area contributed by atoms with Crippen molar-refractivity contribution in [2.75, 3.05) is 0 Å². The number of hydrogen-bond acceptors (Lipinski definition) is 3. The summed E-state index contributed by atoms with van der Waals surface area (Å²) in [6.07, 6.45) is 1.61. The molecule has 2 heterocycles. The maximum Gasteiger partial charge on any atom is 0.255 e. The maximum absolute atomic E-state index is 12.4. The lowest BCUT2D eigenvalue weighted by atomic mass is 10.0. The molecule has 1 fully saturated rings. The predicted molar refractivity (Wildman–Crippen MR) is 74.0 cm³/mol. The number of aryl methyl sites for hydroxylation is 1. The molecular formula is C15H18N2O3. The van der Waals surface area contributed by atoms with Crippen molar-refractivity contribution in [1.29, 1.82) is 0 Å². The first-order valence-electron chi connectivity index (χ1n) is 6.86. The highest BCUT2D eigenvalue weighted by atomic mass is 16.2. The number of hydrogen-bond donors (Lipinski definition) is 1. The second-order valence-electron chi connectivity index (χ2n) is 5.25. The Hall–Kier alpha value is -2.17. The highest BCUT2D eigenvalue weighted by Gasteiger charge is 2.38. The number of nitrogens with zero attached hydrogens (tertiary/aromatic N) is 1. The third-order valence-electron chi connectivity index (χ3n) is 4.00. The van der Waals surface area contributed by atoms with Crippen LogP contribution < -0.4 is 5.32 Å². The Labute approximate surface area is 118 Å². The second kappa shape index (κ2) is 4.74. The van der Waals surface area contributed by atoms with Gasteiger partial charge in [0.25, 0.3) is 5.91 Å². The average molecular weight is 274 g/mol. The topological polar surface area (TPSA) is 66.5 Å². The lowest BCUT2D eigenvalue weighted by molar-refractivity contribution is -0.136. The number of rotatable bonds is 2. The molecule has 0 aromatic heterocycles. The molecule has 1 atom stereocenters. The van der Waals surface area contributed by atoms with Gasteiger partial charge >= 0.3 is 0 Å². The number of piperidine rings is 1. The number of imide groups is 1. The minimum absolute atomic E-state index is 0. The Bertz CT molecular complexity index is 615. The van der Waals surface area contributed by atoms with E-state index in [9.17, 15) is 14.4 Å². The van der Waals surface area contributed by atoms with Gasteiger partial charge in [0.05, 0.1) is 0 Å². The summed E-state index contributed by atoms with van der Waals surface area (Å²) < 4.78 is 0. The van der Waals surface area contributed by atoms with Crippen LogP contribution in [0, 0.1) is 0 Å². The molecule has 0 spiro atoms. The van der Waals surface area contributed by atoms with Crippen molar-refractivity contribution >= 4 is 17.7 Å². The minimum Gasteiger partial charge on any atom is -0.322 e. The van der Waals surface area contributed by atoms with E-state index in [0.29, 0.717) is 18.5 Å². The minimum atomic E-state index is -0.530. The molecule has 0 aliphatic carbocycles. The number of carbonyl (C=O) groups excluding carboxylic acids is 3. The Morgan fingerprint density at radius 3 is 2.85 bits per heavy atom. The summed E-state index contributed by atoms with van der Waals surface area (Å²) in [5.74, 6) is -0.737. The maximum atomic E-state index is 12.4. The molecule has 2 aliphatic heterocycles. The van der Waals surface area contributed by atoms with Gasteiger partial charge in [-0.2, -0.15) is 0 Å². The van der Waals surface area contributed by atoms with Crippen molar-refractivity contribution in [1.82, 2.24) is 10.2 Å². The van der Waals surface area contributed by atoms with E-state index in [0.717, 1.165) is 12.0 Å². The van der Waals surface area contributed by atoms with Crippen molar-refractivity contribution in [2.45, 2.75) is 38.8 Å². The smallest absolute Gasteiger partial charge is 0.255 e. The highest BCUT2D eigenvalue weighted by Crippen LogP contribution is 2.28. The predicted octanol–water partition coefficient (Wildman–Crippen LogP) is 1.26. The Morgan fingerprint density at radius 2 is 2.15 bits per heavy atom. The quantitative estimate of drug-likeness (QED) is 0.826. The van der Waals surface area contributed by atoms with Gasteiger partial charge in [-0.3, -0.25) is 19.7 Å². The summed E-state index contributed by atoms with van der Waals surface area (Å²) in [7, 11) is 0. The van der Waals surface area contributed by atoms with E-state index in [-0.39, 0.29) is 25.6 Å². The molecule has 20 heavy (non-hydrogen) atoms. The molecule has 1 unspecified atom stereocenters. The fourth-order valence-corrected chi connectivity index (χ4v) is 2.85.